The van der Waals surface area contributed by atoms with Gasteiger partial charge in [0.05, 0.1) is 10.6 Å². The second-order valence-corrected chi connectivity index (χ2v) is 4.05. The van der Waals surface area contributed by atoms with Crippen LogP contribution in [0.15, 0.2) is 30.3 Å². The number of nitro groups is 1. The fraction of sp³-hybridized carbons (Fsp3) is 0. The first-order chi connectivity index (χ1) is 8.97. The number of pyridine rings is 1. The van der Waals surface area contributed by atoms with Crippen LogP contribution < -0.4 is 11.1 Å². The van der Waals surface area contributed by atoms with Crippen molar-refractivity contribution in [3.8, 4) is 0 Å². The molecule has 98 valence electrons. The third-order valence-electron chi connectivity index (χ3n) is 2.28. The van der Waals surface area contributed by atoms with Crippen molar-refractivity contribution in [3.05, 3.63) is 51.3 Å². The van der Waals surface area contributed by atoms with Gasteiger partial charge in [-0.15, -0.1) is 0 Å². The maximum atomic E-state index is 13.6. The summed E-state index contributed by atoms with van der Waals surface area (Å²) in [6.07, 6.45) is 0. The summed E-state index contributed by atoms with van der Waals surface area (Å²) in [7, 11) is 0. The molecular formula is C11H8ClFN4O2. The van der Waals surface area contributed by atoms with Gasteiger partial charge in [-0.05, 0) is 24.3 Å². The van der Waals surface area contributed by atoms with Crippen molar-refractivity contribution in [3.63, 3.8) is 0 Å². The zero-order valence-corrected chi connectivity index (χ0v) is 10.2. The minimum atomic E-state index is -0.647. The first kappa shape index (κ1) is 13.0. The number of hydrogen-bond donors (Lipinski definition) is 2. The fourth-order valence-corrected chi connectivity index (χ4v) is 1.58. The molecule has 0 aliphatic rings. The van der Waals surface area contributed by atoms with Gasteiger partial charge in [0.25, 0.3) is 0 Å². The lowest BCUT2D eigenvalue weighted by atomic mass is 10.3. The molecule has 0 fully saturated rings. The van der Waals surface area contributed by atoms with Crippen LogP contribution in [0.2, 0.25) is 5.02 Å². The van der Waals surface area contributed by atoms with Crippen molar-refractivity contribution in [2.75, 3.05) is 11.1 Å². The van der Waals surface area contributed by atoms with E-state index in [-0.39, 0.29) is 28.0 Å². The summed E-state index contributed by atoms with van der Waals surface area (Å²) in [5, 5.41) is 13.6. The maximum absolute atomic E-state index is 13.6. The minimum absolute atomic E-state index is 0.0191. The van der Waals surface area contributed by atoms with Crippen LogP contribution in [0, 0.1) is 15.9 Å². The molecule has 0 spiro atoms. The summed E-state index contributed by atoms with van der Waals surface area (Å²) >= 11 is 5.62. The van der Waals surface area contributed by atoms with Gasteiger partial charge in [-0.1, -0.05) is 11.6 Å². The van der Waals surface area contributed by atoms with Gasteiger partial charge in [0.1, 0.15) is 11.6 Å². The molecular weight excluding hydrogens is 275 g/mol. The van der Waals surface area contributed by atoms with Crippen molar-refractivity contribution in [2.24, 2.45) is 0 Å². The van der Waals surface area contributed by atoms with E-state index in [2.05, 4.69) is 10.3 Å². The smallest absolute Gasteiger partial charge is 0.311 e. The molecule has 19 heavy (non-hydrogen) atoms. The van der Waals surface area contributed by atoms with Gasteiger partial charge in [-0.25, -0.2) is 9.37 Å². The summed E-state index contributed by atoms with van der Waals surface area (Å²) in [6, 6.07) is 6.37. The number of hydrogen-bond acceptors (Lipinski definition) is 5. The standard InChI is InChI=1S/C11H8ClFN4O2/c12-6-1-2-8(7(13)5-6)15-11-9(17(18)19)3-4-10(14)16-11/h1-5H,(H3,14,15,16). The number of nitrogens with two attached hydrogens (primary N) is 1. The Labute approximate surface area is 112 Å². The second kappa shape index (κ2) is 5.07. The van der Waals surface area contributed by atoms with E-state index in [0.717, 1.165) is 6.07 Å². The number of nitrogens with zero attached hydrogens (tertiary/aromatic N) is 2. The number of nitrogen functional groups attached to an aromatic ring is 1. The molecule has 2 aromatic rings. The fourth-order valence-electron chi connectivity index (χ4n) is 1.42. The van der Waals surface area contributed by atoms with Crippen molar-refractivity contribution >= 4 is 34.6 Å². The number of benzene rings is 1. The Morgan fingerprint density at radius 1 is 1.37 bits per heavy atom. The van der Waals surface area contributed by atoms with Gasteiger partial charge in [-0.2, -0.15) is 0 Å². The van der Waals surface area contributed by atoms with Crippen LogP contribution in [-0.2, 0) is 0 Å². The van der Waals surface area contributed by atoms with Crippen LogP contribution in [0.5, 0.6) is 0 Å². The summed E-state index contributed by atoms with van der Waals surface area (Å²) in [5.41, 5.74) is 5.17. The molecule has 1 aromatic carbocycles. The van der Waals surface area contributed by atoms with E-state index in [1.54, 1.807) is 0 Å². The first-order valence-corrected chi connectivity index (χ1v) is 5.48. The molecule has 3 N–H and O–H groups in total. The van der Waals surface area contributed by atoms with E-state index in [0.29, 0.717) is 0 Å². The molecule has 1 heterocycles. The van der Waals surface area contributed by atoms with Crippen LogP contribution in [-0.4, -0.2) is 9.91 Å². The van der Waals surface area contributed by atoms with Crippen molar-refractivity contribution < 1.29 is 9.31 Å². The minimum Gasteiger partial charge on any atom is -0.384 e. The van der Waals surface area contributed by atoms with Crippen molar-refractivity contribution in [1.29, 1.82) is 0 Å². The van der Waals surface area contributed by atoms with Gasteiger partial charge in [0.15, 0.2) is 0 Å². The van der Waals surface area contributed by atoms with Crippen LogP contribution in [0.1, 0.15) is 0 Å². The predicted octanol–water partition coefficient (Wildman–Crippen LogP) is 3.11. The molecule has 1 aromatic heterocycles. The molecule has 0 saturated heterocycles. The lowest BCUT2D eigenvalue weighted by Gasteiger charge is -2.08. The van der Waals surface area contributed by atoms with Crippen LogP contribution in [0.4, 0.5) is 27.4 Å². The Kier molecular flexibility index (Phi) is 3.48. The second-order valence-electron chi connectivity index (χ2n) is 3.61. The third-order valence-corrected chi connectivity index (χ3v) is 2.51. The van der Waals surface area contributed by atoms with E-state index in [9.17, 15) is 14.5 Å². The molecule has 0 aliphatic carbocycles. The number of anilines is 3. The molecule has 2 rings (SSSR count). The van der Waals surface area contributed by atoms with Gasteiger partial charge in [0.2, 0.25) is 5.82 Å². The third kappa shape index (κ3) is 2.89. The summed E-state index contributed by atoms with van der Waals surface area (Å²) in [4.78, 5) is 14.0. The van der Waals surface area contributed by atoms with Gasteiger partial charge >= 0.3 is 5.69 Å². The van der Waals surface area contributed by atoms with Crippen LogP contribution >= 0.6 is 11.6 Å². The molecule has 0 unspecified atom stereocenters. The first-order valence-electron chi connectivity index (χ1n) is 5.10. The van der Waals surface area contributed by atoms with Crippen molar-refractivity contribution in [2.45, 2.75) is 0 Å². The Hall–Kier alpha value is -2.41. The summed E-state index contributed by atoms with van der Waals surface area (Å²) < 4.78 is 13.6. The van der Waals surface area contributed by atoms with Gasteiger partial charge in [0, 0.05) is 11.1 Å². The zero-order chi connectivity index (χ0) is 14.0. The average Bonchev–Trinajstić information content (AvgIpc) is 2.32. The molecule has 0 radical (unpaired) electrons. The Morgan fingerprint density at radius 2 is 2.11 bits per heavy atom. The predicted molar refractivity (Wildman–Crippen MR) is 70.0 cm³/mol. The highest BCUT2D eigenvalue weighted by atomic mass is 35.5. The Balaban J connectivity index is 2.42. The number of aromatic nitrogens is 1. The molecule has 0 saturated carbocycles. The van der Waals surface area contributed by atoms with E-state index in [1.165, 1.54) is 24.3 Å². The number of rotatable bonds is 3. The molecule has 8 heteroatoms. The highest BCUT2D eigenvalue weighted by molar-refractivity contribution is 6.30. The molecule has 0 atom stereocenters. The average molecular weight is 283 g/mol. The summed E-state index contributed by atoms with van der Waals surface area (Å²) in [6.45, 7) is 0. The monoisotopic (exact) mass is 282 g/mol. The van der Waals surface area contributed by atoms with E-state index in [1.807, 2.05) is 0 Å². The van der Waals surface area contributed by atoms with Crippen LogP contribution in [0.3, 0.4) is 0 Å². The zero-order valence-electron chi connectivity index (χ0n) is 9.43. The molecule has 0 bridgehead atoms. The molecule has 0 aliphatic heterocycles. The lowest BCUT2D eigenvalue weighted by Crippen LogP contribution is -2.03. The van der Waals surface area contributed by atoms with Gasteiger partial charge in [-0.3, -0.25) is 10.1 Å². The van der Waals surface area contributed by atoms with E-state index >= 15 is 0 Å². The largest absolute Gasteiger partial charge is 0.384 e. The Bertz CT molecular complexity index is 651. The van der Waals surface area contributed by atoms with E-state index in [4.69, 9.17) is 17.3 Å². The summed E-state index contributed by atoms with van der Waals surface area (Å²) in [5.74, 6) is -0.695. The Morgan fingerprint density at radius 3 is 2.74 bits per heavy atom. The van der Waals surface area contributed by atoms with E-state index < -0.39 is 10.7 Å². The highest BCUT2D eigenvalue weighted by Crippen LogP contribution is 2.28. The topological polar surface area (TPSA) is 94.1 Å². The maximum Gasteiger partial charge on any atom is 0.311 e. The molecule has 0 amide bonds. The normalized spacial score (nSPS) is 10.2. The quantitative estimate of drug-likeness (QED) is 0.666. The molecule has 6 nitrogen and oxygen atoms in total. The number of nitrogens with one attached hydrogen (secondary N) is 1. The number of halogens is 2. The van der Waals surface area contributed by atoms with Crippen molar-refractivity contribution in [1.82, 2.24) is 4.98 Å². The van der Waals surface area contributed by atoms with Crippen LogP contribution in [0.25, 0.3) is 0 Å². The highest BCUT2D eigenvalue weighted by Gasteiger charge is 2.17. The van der Waals surface area contributed by atoms with Gasteiger partial charge < -0.3 is 11.1 Å². The lowest BCUT2D eigenvalue weighted by molar-refractivity contribution is -0.384. The SMILES string of the molecule is Nc1ccc([N+](=O)[O-])c(Nc2ccc(Cl)cc2F)n1.